The van der Waals surface area contributed by atoms with E-state index in [9.17, 15) is 0 Å². The molecule has 1 aromatic carbocycles. The van der Waals surface area contributed by atoms with E-state index in [1.807, 2.05) is 24.5 Å². The lowest BCUT2D eigenvalue weighted by Crippen LogP contribution is -1.84. The molecule has 0 radical (unpaired) electrons. The number of benzene rings is 1. The van der Waals surface area contributed by atoms with E-state index >= 15 is 0 Å². The number of anilines is 1. The van der Waals surface area contributed by atoms with Crippen LogP contribution in [0.5, 0.6) is 0 Å². The average Bonchev–Trinajstić information content (AvgIpc) is 2.48. The van der Waals surface area contributed by atoms with E-state index in [0.29, 0.717) is 5.82 Å². The zero-order valence-electron chi connectivity index (χ0n) is 6.57. The van der Waals surface area contributed by atoms with Crippen LogP contribution >= 0.6 is 11.8 Å². The minimum absolute atomic E-state index is 0.468. The van der Waals surface area contributed by atoms with Gasteiger partial charge in [0.05, 0.1) is 5.39 Å². The number of rotatable bonds is 1. The summed E-state index contributed by atoms with van der Waals surface area (Å²) in [6.07, 6.45) is 2.00. The summed E-state index contributed by atoms with van der Waals surface area (Å²) in [5.41, 5.74) is 6.38. The van der Waals surface area contributed by atoms with Crippen molar-refractivity contribution in [1.29, 1.82) is 0 Å². The second-order valence-electron chi connectivity index (χ2n) is 2.40. The quantitative estimate of drug-likeness (QED) is 0.683. The first-order valence-corrected chi connectivity index (χ1v) is 4.73. The van der Waals surface area contributed by atoms with E-state index in [1.54, 1.807) is 11.8 Å². The van der Waals surface area contributed by atoms with Gasteiger partial charge >= 0.3 is 0 Å². The first-order valence-electron chi connectivity index (χ1n) is 3.51. The lowest BCUT2D eigenvalue weighted by Gasteiger charge is -1.95. The van der Waals surface area contributed by atoms with Crippen LogP contribution in [0, 0.1) is 0 Å². The summed E-state index contributed by atoms with van der Waals surface area (Å²) in [5.74, 6) is 0.468. The largest absolute Gasteiger partial charge is 0.380 e. The minimum atomic E-state index is 0.468. The Morgan fingerprint density at radius 2 is 2.33 bits per heavy atom. The van der Waals surface area contributed by atoms with Crippen molar-refractivity contribution in [1.82, 2.24) is 5.16 Å². The van der Waals surface area contributed by atoms with Gasteiger partial charge < -0.3 is 10.3 Å². The van der Waals surface area contributed by atoms with Gasteiger partial charge in [0.1, 0.15) is 0 Å². The summed E-state index contributed by atoms with van der Waals surface area (Å²) in [6.45, 7) is 0. The van der Waals surface area contributed by atoms with Crippen molar-refractivity contribution >= 4 is 28.5 Å². The van der Waals surface area contributed by atoms with Gasteiger partial charge in [0.25, 0.3) is 0 Å². The summed E-state index contributed by atoms with van der Waals surface area (Å²) in [4.78, 5) is 1.10. The Hall–Kier alpha value is -1.16. The molecule has 0 saturated carbocycles. The van der Waals surface area contributed by atoms with Crippen LogP contribution in [0.4, 0.5) is 5.82 Å². The number of hydrogen-bond acceptors (Lipinski definition) is 4. The zero-order chi connectivity index (χ0) is 8.55. The molecule has 0 spiro atoms. The van der Waals surface area contributed by atoms with Gasteiger partial charge in [0, 0.05) is 4.90 Å². The fourth-order valence-corrected chi connectivity index (χ4v) is 1.78. The highest BCUT2D eigenvalue weighted by atomic mass is 32.2. The Kier molecular flexibility index (Phi) is 1.69. The van der Waals surface area contributed by atoms with E-state index in [2.05, 4.69) is 5.16 Å². The number of nitrogens with two attached hydrogens (primary N) is 1. The van der Waals surface area contributed by atoms with Crippen molar-refractivity contribution in [2.75, 3.05) is 12.0 Å². The van der Waals surface area contributed by atoms with E-state index < -0.39 is 0 Å². The fourth-order valence-electron chi connectivity index (χ4n) is 1.15. The monoisotopic (exact) mass is 180 g/mol. The van der Waals surface area contributed by atoms with Crippen molar-refractivity contribution in [3.8, 4) is 0 Å². The second-order valence-corrected chi connectivity index (χ2v) is 3.25. The molecule has 0 aliphatic carbocycles. The maximum absolute atomic E-state index is 5.63. The third-order valence-corrected chi connectivity index (χ3v) is 2.49. The van der Waals surface area contributed by atoms with Gasteiger partial charge in [-0.25, -0.2) is 0 Å². The number of hydrogen-bond donors (Lipinski definition) is 1. The summed E-state index contributed by atoms with van der Waals surface area (Å²) in [6, 6.07) is 5.79. The van der Waals surface area contributed by atoms with Gasteiger partial charge in [0.2, 0.25) is 0 Å². The number of nitrogen functional groups attached to an aromatic ring is 1. The highest BCUT2D eigenvalue weighted by molar-refractivity contribution is 7.98. The molecule has 0 bridgehead atoms. The van der Waals surface area contributed by atoms with Crippen LogP contribution in [0.25, 0.3) is 11.0 Å². The van der Waals surface area contributed by atoms with Crippen LogP contribution < -0.4 is 5.73 Å². The third-order valence-electron chi connectivity index (χ3n) is 1.71. The van der Waals surface area contributed by atoms with Gasteiger partial charge in [-0.15, -0.1) is 11.8 Å². The summed E-state index contributed by atoms with van der Waals surface area (Å²) in [5, 5.41) is 4.62. The average molecular weight is 180 g/mol. The summed E-state index contributed by atoms with van der Waals surface area (Å²) in [7, 11) is 0. The van der Waals surface area contributed by atoms with Crippen molar-refractivity contribution in [2.24, 2.45) is 0 Å². The van der Waals surface area contributed by atoms with Crippen LogP contribution in [0.3, 0.4) is 0 Å². The van der Waals surface area contributed by atoms with Crippen molar-refractivity contribution in [3.05, 3.63) is 18.2 Å². The molecule has 0 aliphatic rings. The minimum Gasteiger partial charge on any atom is -0.380 e. The highest BCUT2D eigenvalue weighted by Crippen LogP contribution is 2.29. The third kappa shape index (κ3) is 0.956. The Morgan fingerprint density at radius 3 is 3.08 bits per heavy atom. The lowest BCUT2D eigenvalue weighted by atomic mass is 10.2. The first kappa shape index (κ1) is 7.49. The molecular weight excluding hydrogens is 172 g/mol. The molecule has 4 heteroatoms. The smallest absolute Gasteiger partial charge is 0.175 e. The van der Waals surface area contributed by atoms with Gasteiger partial charge in [0.15, 0.2) is 11.4 Å². The highest BCUT2D eigenvalue weighted by Gasteiger charge is 2.07. The van der Waals surface area contributed by atoms with Crippen molar-refractivity contribution in [3.63, 3.8) is 0 Å². The maximum Gasteiger partial charge on any atom is 0.175 e. The molecule has 3 nitrogen and oxygen atoms in total. The fraction of sp³-hybridized carbons (Fsp3) is 0.125. The molecule has 1 aromatic heterocycles. The molecule has 2 rings (SSSR count). The molecule has 2 aromatic rings. The first-order chi connectivity index (χ1) is 5.83. The van der Waals surface area contributed by atoms with Crippen LogP contribution in [0.1, 0.15) is 0 Å². The number of nitrogens with zero attached hydrogens (tertiary/aromatic N) is 1. The van der Waals surface area contributed by atoms with Crippen LogP contribution in [-0.4, -0.2) is 11.4 Å². The molecule has 0 fully saturated rings. The molecule has 0 saturated heterocycles. The topological polar surface area (TPSA) is 52.0 Å². The predicted molar refractivity (Wildman–Crippen MR) is 50.2 cm³/mol. The molecule has 2 N–H and O–H groups in total. The molecule has 0 unspecified atom stereocenters. The standard InChI is InChI=1S/C8H8N2OS/c1-12-6-4-2-3-5-7(6)8(9)10-11-5/h2-4H,1H3,(H2,9,10). The van der Waals surface area contributed by atoms with E-state index in [-0.39, 0.29) is 0 Å². The van der Waals surface area contributed by atoms with E-state index in [0.717, 1.165) is 15.9 Å². The molecule has 0 amide bonds. The predicted octanol–water partition coefficient (Wildman–Crippen LogP) is 2.13. The molecule has 62 valence electrons. The molecular formula is C8H8N2OS. The number of fused-ring (bicyclic) bond motifs is 1. The van der Waals surface area contributed by atoms with Crippen LogP contribution in [0.2, 0.25) is 0 Å². The van der Waals surface area contributed by atoms with E-state index in [4.69, 9.17) is 10.3 Å². The molecule has 0 aliphatic heterocycles. The lowest BCUT2D eigenvalue weighted by molar-refractivity contribution is 0.460. The normalized spacial score (nSPS) is 10.8. The molecule has 0 atom stereocenters. The summed E-state index contributed by atoms with van der Waals surface area (Å²) >= 11 is 1.64. The van der Waals surface area contributed by atoms with Crippen LogP contribution in [0.15, 0.2) is 27.6 Å². The Labute approximate surface area is 73.9 Å². The van der Waals surface area contributed by atoms with E-state index in [1.165, 1.54) is 0 Å². The number of thioether (sulfide) groups is 1. The summed E-state index contributed by atoms with van der Waals surface area (Å²) < 4.78 is 5.00. The van der Waals surface area contributed by atoms with Gasteiger partial charge in [-0.1, -0.05) is 11.2 Å². The SMILES string of the molecule is CSc1cccc2onc(N)c12. The molecule has 1 heterocycles. The van der Waals surface area contributed by atoms with Gasteiger partial charge in [-0.3, -0.25) is 0 Å². The zero-order valence-corrected chi connectivity index (χ0v) is 7.39. The van der Waals surface area contributed by atoms with Crippen LogP contribution in [-0.2, 0) is 0 Å². The Balaban J connectivity index is 2.84. The molecule has 12 heavy (non-hydrogen) atoms. The Morgan fingerprint density at radius 1 is 1.50 bits per heavy atom. The second kappa shape index (κ2) is 2.71. The van der Waals surface area contributed by atoms with Gasteiger partial charge in [-0.2, -0.15) is 0 Å². The Bertz CT molecular complexity index is 410. The van der Waals surface area contributed by atoms with Gasteiger partial charge in [-0.05, 0) is 18.4 Å². The van der Waals surface area contributed by atoms with Crippen molar-refractivity contribution < 1.29 is 4.52 Å². The maximum atomic E-state index is 5.63. The van der Waals surface area contributed by atoms with Crippen molar-refractivity contribution in [2.45, 2.75) is 4.90 Å². The number of aromatic nitrogens is 1.